The Morgan fingerprint density at radius 3 is 2.69 bits per heavy atom. The summed E-state index contributed by atoms with van der Waals surface area (Å²) in [6.45, 7) is 2.86. The first-order valence-corrected chi connectivity index (χ1v) is 5.74. The van der Waals surface area contributed by atoms with Crippen LogP contribution in [-0.2, 0) is 9.47 Å². The molecule has 1 fully saturated rings. The molecule has 1 heterocycles. The van der Waals surface area contributed by atoms with Crippen molar-refractivity contribution in [2.75, 3.05) is 13.7 Å². The van der Waals surface area contributed by atoms with Gasteiger partial charge in [0, 0.05) is 5.56 Å². The van der Waals surface area contributed by atoms with Crippen LogP contribution in [0, 0.1) is 0 Å². The molecule has 1 aromatic rings. The molecule has 0 N–H and O–H groups in total. The zero-order valence-electron chi connectivity index (χ0n) is 9.81. The van der Waals surface area contributed by atoms with Crippen LogP contribution in [0.15, 0.2) is 24.3 Å². The topological polar surface area (TPSA) is 27.7 Å². The maximum absolute atomic E-state index is 5.80. The fraction of sp³-hybridized carbons (Fsp3) is 0.538. The first kappa shape index (κ1) is 11.4. The molecule has 0 amide bonds. The van der Waals surface area contributed by atoms with Crippen molar-refractivity contribution in [3.8, 4) is 5.75 Å². The van der Waals surface area contributed by atoms with Gasteiger partial charge in [0.05, 0.1) is 19.8 Å². The van der Waals surface area contributed by atoms with E-state index in [1.54, 1.807) is 7.11 Å². The molecule has 0 aliphatic carbocycles. The molecule has 1 saturated heterocycles. The average molecular weight is 222 g/mol. The van der Waals surface area contributed by atoms with E-state index in [0.717, 1.165) is 24.2 Å². The highest BCUT2D eigenvalue weighted by atomic mass is 16.7. The Hall–Kier alpha value is -1.06. The molecule has 0 bridgehead atoms. The van der Waals surface area contributed by atoms with Gasteiger partial charge in [0.2, 0.25) is 0 Å². The molecule has 3 nitrogen and oxygen atoms in total. The monoisotopic (exact) mass is 222 g/mol. The van der Waals surface area contributed by atoms with Gasteiger partial charge in [-0.1, -0.05) is 25.5 Å². The van der Waals surface area contributed by atoms with E-state index in [1.807, 2.05) is 24.3 Å². The number of hydrogen-bond acceptors (Lipinski definition) is 3. The van der Waals surface area contributed by atoms with Crippen LogP contribution < -0.4 is 4.74 Å². The number of ether oxygens (including phenoxy) is 3. The van der Waals surface area contributed by atoms with E-state index in [1.165, 1.54) is 0 Å². The molecular weight excluding hydrogens is 204 g/mol. The zero-order valence-corrected chi connectivity index (χ0v) is 9.81. The van der Waals surface area contributed by atoms with Crippen molar-refractivity contribution >= 4 is 0 Å². The number of hydrogen-bond donors (Lipinski definition) is 0. The van der Waals surface area contributed by atoms with Crippen molar-refractivity contribution in [3.63, 3.8) is 0 Å². The standard InChI is InChI=1S/C13H18O3/c1-3-4-12-9-15-13(16-12)10-5-7-11(14-2)8-6-10/h5-8,12-13H,3-4,9H2,1-2H3. The first-order chi connectivity index (χ1) is 7.83. The maximum atomic E-state index is 5.80. The normalized spacial score (nSPS) is 24.6. The van der Waals surface area contributed by atoms with E-state index in [0.29, 0.717) is 6.61 Å². The Morgan fingerprint density at radius 2 is 2.06 bits per heavy atom. The van der Waals surface area contributed by atoms with Crippen LogP contribution >= 0.6 is 0 Å². The molecule has 0 aromatic heterocycles. The van der Waals surface area contributed by atoms with Crippen LogP contribution in [-0.4, -0.2) is 19.8 Å². The largest absolute Gasteiger partial charge is 0.497 e. The second-order valence-corrected chi connectivity index (χ2v) is 3.99. The van der Waals surface area contributed by atoms with Crippen molar-refractivity contribution in [1.82, 2.24) is 0 Å². The van der Waals surface area contributed by atoms with Crippen molar-refractivity contribution < 1.29 is 14.2 Å². The summed E-state index contributed by atoms with van der Waals surface area (Å²) in [6.07, 6.45) is 2.23. The maximum Gasteiger partial charge on any atom is 0.184 e. The second-order valence-electron chi connectivity index (χ2n) is 3.99. The zero-order chi connectivity index (χ0) is 11.4. The van der Waals surface area contributed by atoms with E-state index in [-0.39, 0.29) is 12.4 Å². The van der Waals surface area contributed by atoms with Crippen LogP contribution in [0.5, 0.6) is 5.75 Å². The summed E-state index contributed by atoms with van der Waals surface area (Å²) in [5.74, 6) is 0.854. The van der Waals surface area contributed by atoms with Crippen LogP contribution in [0.3, 0.4) is 0 Å². The van der Waals surface area contributed by atoms with Gasteiger partial charge in [-0.25, -0.2) is 0 Å². The Kier molecular flexibility index (Phi) is 3.80. The highest BCUT2D eigenvalue weighted by Crippen LogP contribution is 2.29. The van der Waals surface area contributed by atoms with Gasteiger partial charge in [0.15, 0.2) is 6.29 Å². The van der Waals surface area contributed by atoms with Gasteiger partial charge < -0.3 is 14.2 Å². The molecule has 2 rings (SSSR count). The van der Waals surface area contributed by atoms with Crippen molar-refractivity contribution in [2.45, 2.75) is 32.2 Å². The molecule has 1 aliphatic rings. The third-order valence-corrected chi connectivity index (χ3v) is 2.75. The molecule has 1 aromatic carbocycles. The minimum atomic E-state index is -0.206. The number of rotatable bonds is 4. The van der Waals surface area contributed by atoms with Crippen molar-refractivity contribution in [2.24, 2.45) is 0 Å². The van der Waals surface area contributed by atoms with Crippen LogP contribution in [0.4, 0.5) is 0 Å². The Bertz CT molecular complexity index is 320. The lowest BCUT2D eigenvalue weighted by atomic mass is 10.2. The van der Waals surface area contributed by atoms with E-state index in [9.17, 15) is 0 Å². The van der Waals surface area contributed by atoms with E-state index in [4.69, 9.17) is 14.2 Å². The molecule has 0 spiro atoms. The lowest BCUT2D eigenvalue weighted by Gasteiger charge is -2.11. The lowest BCUT2D eigenvalue weighted by molar-refractivity contribution is -0.0611. The summed E-state index contributed by atoms with van der Waals surface area (Å²) in [6, 6.07) is 7.82. The van der Waals surface area contributed by atoms with Gasteiger partial charge in [-0.05, 0) is 18.6 Å². The molecule has 2 unspecified atom stereocenters. The molecule has 16 heavy (non-hydrogen) atoms. The highest BCUT2D eigenvalue weighted by molar-refractivity contribution is 5.28. The second kappa shape index (κ2) is 5.32. The summed E-state index contributed by atoms with van der Waals surface area (Å²) in [5, 5.41) is 0. The average Bonchev–Trinajstić information content (AvgIpc) is 2.78. The molecule has 88 valence electrons. The van der Waals surface area contributed by atoms with E-state index in [2.05, 4.69) is 6.92 Å². The van der Waals surface area contributed by atoms with E-state index >= 15 is 0 Å². The minimum Gasteiger partial charge on any atom is -0.497 e. The van der Waals surface area contributed by atoms with Crippen LogP contribution in [0.2, 0.25) is 0 Å². The lowest BCUT2D eigenvalue weighted by Crippen LogP contribution is -2.08. The Morgan fingerprint density at radius 1 is 1.31 bits per heavy atom. The van der Waals surface area contributed by atoms with Crippen molar-refractivity contribution in [1.29, 1.82) is 0 Å². The van der Waals surface area contributed by atoms with E-state index < -0.39 is 0 Å². The minimum absolute atomic E-state index is 0.206. The van der Waals surface area contributed by atoms with Gasteiger partial charge in [-0.3, -0.25) is 0 Å². The smallest absolute Gasteiger partial charge is 0.184 e. The fourth-order valence-electron chi connectivity index (χ4n) is 1.86. The third-order valence-electron chi connectivity index (χ3n) is 2.75. The molecule has 0 saturated carbocycles. The Balaban J connectivity index is 1.97. The fourth-order valence-corrected chi connectivity index (χ4v) is 1.86. The predicted molar refractivity (Wildman–Crippen MR) is 61.5 cm³/mol. The summed E-state index contributed by atoms with van der Waals surface area (Å²) < 4.78 is 16.5. The van der Waals surface area contributed by atoms with Crippen molar-refractivity contribution in [3.05, 3.63) is 29.8 Å². The summed E-state index contributed by atoms with van der Waals surface area (Å²) in [4.78, 5) is 0. The molecule has 0 radical (unpaired) electrons. The summed E-state index contributed by atoms with van der Waals surface area (Å²) in [7, 11) is 1.66. The van der Waals surface area contributed by atoms with Crippen LogP contribution in [0.25, 0.3) is 0 Å². The molecule has 3 heteroatoms. The molecular formula is C13H18O3. The highest BCUT2D eigenvalue weighted by Gasteiger charge is 2.26. The van der Waals surface area contributed by atoms with Crippen LogP contribution in [0.1, 0.15) is 31.6 Å². The summed E-state index contributed by atoms with van der Waals surface area (Å²) >= 11 is 0. The number of benzene rings is 1. The third kappa shape index (κ3) is 2.54. The van der Waals surface area contributed by atoms with Gasteiger partial charge in [0.25, 0.3) is 0 Å². The molecule has 1 aliphatic heterocycles. The quantitative estimate of drug-likeness (QED) is 0.784. The van der Waals surface area contributed by atoms with Gasteiger partial charge in [-0.2, -0.15) is 0 Å². The Labute approximate surface area is 96.3 Å². The predicted octanol–water partition coefficient (Wildman–Crippen LogP) is 2.91. The molecule has 2 atom stereocenters. The van der Waals surface area contributed by atoms with Gasteiger partial charge >= 0.3 is 0 Å². The number of methoxy groups -OCH3 is 1. The van der Waals surface area contributed by atoms with Gasteiger partial charge in [0.1, 0.15) is 5.75 Å². The summed E-state index contributed by atoms with van der Waals surface area (Å²) in [5.41, 5.74) is 1.06. The van der Waals surface area contributed by atoms with Gasteiger partial charge in [-0.15, -0.1) is 0 Å². The first-order valence-electron chi connectivity index (χ1n) is 5.74. The SMILES string of the molecule is CCCC1COC(c2ccc(OC)cc2)O1.